The second kappa shape index (κ2) is 14.6. The van der Waals surface area contributed by atoms with Crippen LogP contribution in [0.2, 0.25) is 0 Å². The number of hydrogen-bond acceptors (Lipinski definition) is 6. The molecule has 1 spiro atoms. The number of amides is 3. The van der Waals surface area contributed by atoms with Gasteiger partial charge >= 0.3 is 0 Å². The van der Waals surface area contributed by atoms with Gasteiger partial charge in [0.2, 0.25) is 11.8 Å². The Hall–Kier alpha value is -4.73. The second-order valence-corrected chi connectivity index (χ2v) is 13.5. The normalized spacial score (nSPS) is 24.1. The van der Waals surface area contributed by atoms with Crippen LogP contribution < -0.4 is 14.5 Å². The Kier molecular flexibility index (Phi) is 10.3. The molecule has 3 aliphatic heterocycles. The number of carbonyl (C=O) groups excluding carboxylic acids is 3. The topological polar surface area (TPSA) is 99.6 Å². The average Bonchev–Trinajstić information content (AvgIpc) is 3.77. The lowest BCUT2D eigenvalue weighted by atomic mass is 9.70. The maximum Gasteiger partial charge on any atom is 0.253 e. The van der Waals surface area contributed by atoms with Gasteiger partial charge in [0.25, 0.3) is 5.91 Å². The van der Waals surface area contributed by atoms with Crippen molar-refractivity contribution in [3.8, 4) is 5.75 Å². The molecule has 3 fully saturated rings. The van der Waals surface area contributed by atoms with Crippen LogP contribution in [0, 0.1) is 25.7 Å². The Morgan fingerprint density at radius 3 is 2.26 bits per heavy atom. The fraction of sp³-hybridized carbons (Fsp3) is 0.390. The van der Waals surface area contributed by atoms with E-state index in [-0.39, 0.29) is 37.4 Å². The summed E-state index contributed by atoms with van der Waals surface area (Å²) >= 11 is 0. The molecule has 6 rings (SSSR count). The molecule has 6 atom stereocenters. The molecule has 3 aromatic rings. The van der Waals surface area contributed by atoms with Gasteiger partial charge in [0, 0.05) is 24.5 Å². The summed E-state index contributed by atoms with van der Waals surface area (Å²) < 4.78 is 12.4. The first-order chi connectivity index (χ1) is 24.2. The first-order valence-corrected chi connectivity index (χ1v) is 17.5. The number of likely N-dealkylation sites (tertiary alicyclic amines) is 1. The highest BCUT2D eigenvalue weighted by atomic mass is 16.5. The monoisotopic (exact) mass is 677 g/mol. The van der Waals surface area contributed by atoms with E-state index in [9.17, 15) is 9.90 Å². The van der Waals surface area contributed by atoms with Crippen LogP contribution >= 0.6 is 0 Å². The van der Waals surface area contributed by atoms with Crippen molar-refractivity contribution >= 4 is 29.1 Å². The van der Waals surface area contributed by atoms with Gasteiger partial charge in [-0.25, -0.2) is 0 Å². The summed E-state index contributed by atoms with van der Waals surface area (Å²) in [5.74, 6) is -1.96. The molecule has 1 N–H and O–H groups in total. The van der Waals surface area contributed by atoms with Crippen LogP contribution in [0.4, 0.5) is 11.4 Å². The number of nitrogens with zero attached hydrogens (tertiary/aromatic N) is 3. The summed E-state index contributed by atoms with van der Waals surface area (Å²) in [6.07, 6.45) is 4.09. The third-order valence-corrected chi connectivity index (χ3v) is 10.5. The summed E-state index contributed by atoms with van der Waals surface area (Å²) in [4.78, 5) is 49.8. The molecule has 0 aliphatic carbocycles. The summed E-state index contributed by atoms with van der Waals surface area (Å²) in [6.45, 7) is 14.3. The van der Waals surface area contributed by atoms with Crippen LogP contribution in [0.3, 0.4) is 0 Å². The van der Waals surface area contributed by atoms with Crippen LogP contribution in [-0.4, -0.2) is 77.8 Å². The predicted molar refractivity (Wildman–Crippen MR) is 194 cm³/mol. The quantitative estimate of drug-likeness (QED) is 0.229. The van der Waals surface area contributed by atoms with Crippen molar-refractivity contribution in [2.24, 2.45) is 11.8 Å². The molecule has 0 saturated carbocycles. The lowest BCUT2D eigenvalue weighted by Gasteiger charge is -2.40. The van der Waals surface area contributed by atoms with E-state index in [1.165, 1.54) is 0 Å². The Bertz CT molecular complexity index is 1720. The third kappa shape index (κ3) is 6.03. The smallest absolute Gasteiger partial charge is 0.253 e. The van der Waals surface area contributed by atoms with E-state index < -0.39 is 35.6 Å². The lowest BCUT2D eigenvalue weighted by molar-refractivity contribution is -0.144. The minimum atomic E-state index is -1.25. The molecule has 2 unspecified atom stereocenters. The average molecular weight is 678 g/mol. The van der Waals surface area contributed by atoms with Crippen molar-refractivity contribution in [3.63, 3.8) is 0 Å². The second-order valence-electron chi connectivity index (χ2n) is 13.5. The SMILES string of the molecule is C=CCN(C(=O)[C@@H]1[C@@H]2CCC3(O2)C(C(=O)N(CC=C)c2c(C)cccc2C)N([C@@H](CO)Cc2ccccc2)C(=O)[C@H]13)c1ccc(OCC)cc1. The van der Waals surface area contributed by atoms with Gasteiger partial charge in [0.15, 0.2) is 0 Å². The van der Waals surface area contributed by atoms with Gasteiger partial charge in [-0.15, -0.1) is 13.2 Å². The summed E-state index contributed by atoms with van der Waals surface area (Å²) in [6, 6.07) is 21.0. The van der Waals surface area contributed by atoms with Gasteiger partial charge in [0.05, 0.1) is 37.2 Å². The Morgan fingerprint density at radius 1 is 0.980 bits per heavy atom. The number of aryl methyl sites for hydroxylation is 2. The van der Waals surface area contributed by atoms with Gasteiger partial charge in [0.1, 0.15) is 17.4 Å². The highest BCUT2D eigenvalue weighted by Gasteiger charge is 2.75. The van der Waals surface area contributed by atoms with Gasteiger partial charge in [-0.1, -0.05) is 60.7 Å². The van der Waals surface area contributed by atoms with E-state index in [4.69, 9.17) is 9.47 Å². The van der Waals surface area contributed by atoms with Gasteiger partial charge in [-0.3, -0.25) is 14.4 Å². The Balaban J connectivity index is 1.45. The number of benzene rings is 3. The molecule has 3 aliphatic rings. The Morgan fingerprint density at radius 2 is 1.64 bits per heavy atom. The van der Waals surface area contributed by atoms with Crippen LogP contribution in [-0.2, 0) is 25.5 Å². The number of aliphatic hydroxyl groups is 1. The first-order valence-electron chi connectivity index (χ1n) is 17.5. The van der Waals surface area contributed by atoms with Gasteiger partial charge in [-0.05, 0) is 81.0 Å². The zero-order valence-corrected chi connectivity index (χ0v) is 29.2. The number of carbonyl (C=O) groups is 3. The van der Waals surface area contributed by atoms with Gasteiger partial charge < -0.3 is 29.3 Å². The van der Waals surface area contributed by atoms with Crippen molar-refractivity contribution in [1.82, 2.24) is 4.90 Å². The molecule has 2 bridgehead atoms. The van der Waals surface area contributed by atoms with E-state index in [2.05, 4.69) is 13.2 Å². The van der Waals surface area contributed by atoms with E-state index >= 15 is 9.59 Å². The molecule has 3 saturated heterocycles. The van der Waals surface area contributed by atoms with E-state index in [0.717, 1.165) is 22.4 Å². The molecule has 3 amide bonds. The number of fused-ring (bicyclic) bond motifs is 1. The van der Waals surface area contributed by atoms with E-state index in [1.807, 2.05) is 93.6 Å². The molecule has 50 heavy (non-hydrogen) atoms. The summed E-state index contributed by atoms with van der Waals surface area (Å²) in [7, 11) is 0. The standard InChI is InChI=1S/C41H47N3O6/c1-6-23-42(30-17-19-32(20-18-30)49-8-3)38(46)34-33-21-22-41(50-33)35(34)39(47)44(31(26-45)25-29-15-10-9-11-16-29)37(41)40(48)43(24-7-2)36-27(4)13-12-14-28(36)5/h6-7,9-20,31,33-35,37,45H,1-2,8,21-26H2,3-5H3/t31-,33+,34-,35+,37?,41?/m1/s1. The van der Waals surface area contributed by atoms with Crippen molar-refractivity contribution in [1.29, 1.82) is 0 Å². The molecule has 3 aromatic carbocycles. The molecule has 9 nitrogen and oxygen atoms in total. The molecular weight excluding hydrogens is 630 g/mol. The maximum atomic E-state index is 15.2. The maximum absolute atomic E-state index is 15.2. The molecule has 9 heteroatoms. The molecule has 262 valence electrons. The molecule has 0 aromatic heterocycles. The fourth-order valence-corrected chi connectivity index (χ4v) is 8.50. The minimum absolute atomic E-state index is 0.211. The number of hydrogen-bond donors (Lipinski definition) is 1. The van der Waals surface area contributed by atoms with E-state index in [0.29, 0.717) is 37.3 Å². The van der Waals surface area contributed by atoms with Crippen LogP contribution in [0.1, 0.15) is 36.5 Å². The zero-order chi connectivity index (χ0) is 35.6. The summed E-state index contributed by atoms with van der Waals surface area (Å²) in [5, 5.41) is 10.9. The first kappa shape index (κ1) is 35.1. The zero-order valence-electron chi connectivity index (χ0n) is 29.2. The molecule has 3 heterocycles. The van der Waals surface area contributed by atoms with Crippen molar-refractivity contribution in [2.45, 2.75) is 63.8 Å². The molecular formula is C41H47N3O6. The third-order valence-electron chi connectivity index (χ3n) is 10.5. The highest BCUT2D eigenvalue weighted by Crippen LogP contribution is 2.59. The van der Waals surface area contributed by atoms with Crippen LogP contribution in [0.25, 0.3) is 0 Å². The number of para-hydroxylation sites is 1. The number of anilines is 2. The largest absolute Gasteiger partial charge is 0.494 e. The molecule has 0 radical (unpaired) electrons. The van der Waals surface area contributed by atoms with Crippen molar-refractivity contribution in [3.05, 3.63) is 115 Å². The number of rotatable bonds is 14. The van der Waals surface area contributed by atoms with Crippen LogP contribution in [0.5, 0.6) is 5.75 Å². The lowest BCUT2D eigenvalue weighted by Crippen LogP contribution is -2.59. The number of ether oxygens (including phenoxy) is 2. The Labute approximate surface area is 294 Å². The van der Waals surface area contributed by atoms with Crippen molar-refractivity contribution < 1.29 is 29.0 Å². The number of aliphatic hydroxyl groups excluding tert-OH is 1. The van der Waals surface area contributed by atoms with E-state index in [1.54, 1.807) is 26.9 Å². The van der Waals surface area contributed by atoms with Gasteiger partial charge in [-0.2, -0.15) is 0 Å². The van der Waals surface area contributed by atoms with Crippen LogP contribution in [0.15, 0.2) is 98.1 Å². The highest BCUT2D eigenvalue weighted by molar-refractivity contribution is 6.07. The van der Waals surface area contributed by atoms with Crippen molar-refractivity contribution in [2.75, 3.05) is 36.1 Å². The summed E-state index contributed by atoms with van der Waals surface area (Å²) in [5.41, 5.74) is 2.89. The predicted octanol–water partition coefficient (Wildman–Crippen LogP) is 5.42. The fourth-order valence-electron chi connectivity index (χ4n) is 8.50. The minimum Gasteiger partial charge on any atom is -0.494 e.